The van der Waals surface area contributed by atoms with Gasteiger partial charge in [0.05, 0.1) is 0 Å². The van der Waals surface area contributed by atoms with Gasteiger partial charge in [-0.15, -0.1) is 0 Å². The molecule has 2 radical (unpaired) electrons. The minimum atomic E-state index is -0.501. The molecule has 0 atom stereocenters. The number of nitrogens with one attached hydrogen (secondary N) is 3. The molecule has 5 rings (SSSR count). The molecule has 0 aliphatic carbocycles. The summed E-state index contributed by atoms with van der Waals surface area (Å²) in [4.78, 5) is 25.2. The van der Waals surface area contributed by atoms with Crippen molar-refractivity contribution in [3.63, 3.8) is 0 Å². The highest BCUT2D eigenvalue weighted by Crippen LogP contribution is 2.30. The van der Waals surface area contributed by atoms with Gasteiger partial charge in [0.2, 0.25) is 0 Å². The second kappa shape index (κ2) is 8.03. The number of nitrogens with zero attached hydrogens (tertiary/aromatic N) is 2. The smallest absolute Gasteiger partial charge is 0.410 e. The fourth-order valence-corrected chi connectivity index (χ4v) is 4.08. The number of hydrogen-bond acceptors (Lipinski definition) is 4. The molecule has 1 aliphatic heterocycles. The molecule has 166 valence electrons. The third-order valence-electron chi connectivity index (χ3n) is 5.72. The van der Waals surface area contributed by atoms with E-state index in [0.717, 1.165) is 51.0 Å². The molecule has 4 heterocycles. The van der Waals surface area contributed by atoms with Crippen LogP contribution in [-0.4, -0.2) is 52.5 Å². The molecule has 1 aliphatic rings. The molecule has 8 heteroatoms. The second-order valence-corrected chi connectivity index (χ2v) is 9.34. The molecule has 0 saturated heterocycles. The maximum atomic E-state index is 12.4. The Bertz CT molecular complexity index is 1380. The van der Waals surface area contributed by atoms with E-state index in [2.05, 4.69) is 38.5 Å². The van der Waals surface area contributed by atoms with Crippen molar-refractivity contribution in [1.82, 2.24) is 19.9 Å². The lowest BCUT2D eigenvalue weighted by Gasteiger charge is -2.29. The zero-order valence-corrected chi connectivity index (χ0v) is 19.0. The Balaban J connectivity index is 1.40. The van der Waals surface area contributed by atoms with Crippen LogP contribution in [0.1, 0.15) is 32.9 Å². The minimum absolute atomic E-state index is 0.283. The standard InChI is InChI=1S/C25H26BN5O2/c1-25(2,3)33-24(32)31-10-7-15(8-11-31)21-13-18-22(19(26)14-28-23(18)30-21)29-17-4-5-20-16(12-17)6-9-27-20/h4-7,9,12-14,27H,8,10-11H2,1-3H3,(H2,28,29,30). The van der Waals surface area contributed by atoms with E-state index in [1.54, 1.807) is 11.1 Å². The van der Waals surface area contributed by atoms with Crippen LogP contribution in [0.3, 0.4) is 0 Å². The van der Waals surface area contributed by atoms with E-state index in [1.807, 2.05) is 45.2 Å². The number of anilines is 2. The fourth-order valence-electron chi connectivity index (χ4n) is 4.08. The number of fused-ring (bicyclic) bond motifs is 2. The van der Waals surface area contributed by atoms with Crippen molar-refractivity contribution in [2.75, 3.05) is 18.4 Å². The number of amides is 1. The predicted octanol–water partition coefficient (Wildman–Crippen LogP) is 4.61. The first-order valence-electron chi connectivity index (χ1n) is 11.1. The van der Waals surface area contributed by atoms with E-state index in [-0.39, 0.29) is 6.09 Å². The molecule has 0 bridgehead atoms. The number of rotatable bonds is 3. The number of ether oxygens (including phenoxy) is 1. The van der Waals surface area contributed by atoms with E-state index in [4.69, 9.17) is 12.6 Å². The van der Waals surface area contributed by atoms with E-state index in [0.29, 0.717) is 18.6 Å². The van der Waals surface area contributed by atoms with Crippen LogP contribution in [-0.2, 0) is 4.74 Å². The summed E-state index contributed by atoms with van der Waals surface area (Å²) in [6, 6.07) is 10.3. The van der Waals surface area contributed by atoms with Crippen LogP contribution in [0.5, 0.6) is 0 Å². The molecule has 1 amide bonds. The largest absolute Gasteiger partial charge is 0.444 e. The number of carbonyl (C=O) groups is 1. The Morgan fingerprint density at radius 2 is 2.09 bits per heavy atom. The van der Waals surface area contributed by atoms with E-state index in [9.17, 15) is 4.79 Å². The van der Waals surface area contributed by atoms with Crippen molar-refractivity contribution < 1.29 is 9.53 Å². The first-order valence-corrected chi connectivity index (χ1v) is 11.1. The fraction of sp³-hybridized carbons (Fsp3) is 0.280. The lowest BCUT2D eigenvalue weighted by Crippen LogP contribution is -2.39. The number of H-pyrrole nitrogens is 2. The summed E-state index contributed by atoms with van der Waals surface area (Å²) in [6.45, 7) is 6.74. The summed E-state index contributed by atoms with van der Waals surface area (Å²) < 4.78 is 5.49. The summed E-state index contributed by atoms with van der Waals surface area (Å²) in [5.74, 6) is 0. The molecule has 3 N–H and O–H groups in total. The molecular formula is C25H26BN5O2. The molecule has 0 unspecified atom stereocenters. The Morgan fingerprint density at radius 3 is 2.85 bits per heavy atom. The van der Waals surface area contributed by atoms with Crippen molar-refractivity contribution >= 4 is 58.3 Å². The number of aromatic amines is 2. The molecule has 1 aromatic carbocycles. The quantitative estimate of drug-likeness (QED) is 0.407. The monoisotopic (exact) mass is 439 g/mol. The van der Waals surface area contributed by atoms with Crippen LogP contribution in [0.4, 0.5) is 16.2 Å². The van der Waals surface area contributed by atoms with Crippen molar-refractivity contribution in [3.8, 4) is 0 Å². The highest BCUT2D eigenvalue weighted by molar-refractivity contribution is 6.37. The SMILES string of the molecule is [B]c1cnc2[nH]c(C3=CCN(C(=O)OC(C)(C)C)CC3)cc2c1Nc1ccc2[nH]ccc2c1. The molecule has 0 spiro atoms. The normalized spacial score (nSPS) is 14.5. The highest BCUT2D eigenvalue weighted by atomic mass is 16.6. The van der Waals surface area contributed by atoms with Gasteiger partial charge in [-0.3, -0.25) is 0 Å². The van der Waals surface area contributed by atoms with E-state index < -0.39 is 5.60 Å². The van der Waals surface area contributed by atoms with Gasteiger partial charge in [0, 0.05) is 58.8 Å². The maximum absolute atomic E-state index is 12.4. The number of pyridine rings is 1. The molecule has 3 aromatic heterocycles. The van der Waals surface area contributed by atoms with Crippen molar-refractivity contribution in [2.45, 2.75) is 32.8 Å². The van der Waals surface area contributed by atoms with Gasteiger partial charge in [0.1, 0.15) is 19.1 Å². The Morgan fingerprint density at radius 1 is 1.24 bits per heavy atom. The van der Waals surface area contributed by atoms with Gasteiger partial charge in [-0.2, -0.15) is 0 Å². The Labute approximate surface area is 193 Å². The highest BCUT2D eigenvalue weighted by Gasteiger charge is 2.24. The molecule has 7 nitrogen and oxygen atoms in total. The minimum Gasteiger partial charge on any atom is -0.444 e. The van der Waals surface area contributed by atoms with Crippen LogP contribution in [0.15, 0.2) is 48.8 Å². The topological polar surface area (TPSA) is 86.0 Å². The Hall–Kier alpha value is -3.68. The zero-order chi connectivity index (χ0) is 23.2. The zero-order valence-electron chi connectivity index (χ0n) is 19.0. The third kappa shape index (κ3) is 4.33. The number of hydrogen-bond donors (Lipinski definition) is 3. The second-order valence-electron chi connectivity index (χ2n) is 9.34. The average molecular weight is 439 g/mol. The summed E-state index contributed by atoms with van der Waals surface area (Å²) in [7, 11) is 6.30. The first kappa shape index (κ1) is 21.2. The number of benzene rings is 1. The average Bonchev–Trinajstić information content (AvgIpc) is 3.41. The van der Waals surface area contributed by atoms with Gasteiger partial charge in [-0.05, 0) is 63.1 Å². The van der Waals surface area contributed by atoms with Gasteiger partial charge < -0.3 is 24.9 Å². The van der Waals surface area contributed by atoms with Crippen molar-refractivity contribution in [1.29, 1.82) is 0 Å². The number of aromatic nitrogens is 3. The summed E-state index contributed by atoms with van der Waals surface area (Å²) >= 11 is 0. The Kier molecular flexibility index (Phi) is 5.15. The van der Waals surface area contributed by atoms with Crippen LogP contribution in [0, 0.1) is 0 Å². The molecule has 33 heavy (non-hydrogen) atoms. The van der Waals surface area contributed by atoms with E-state index in [1.165, 1.54) is 0 Å². The van der Waals surface area contributed by atoms with Gasteiger partial charge in [-0.1, -0.05) is 11.5 Å². The molecule has 0 fully saturated rings. The first-order chi connectivity index (χ1) is 15.8. The number of carbonyl (C=O) groups excluding carboxylic acids is 1. The van der Waals surface area contributed by atoms with Crippen LogP contribution in [0.25, 0.3) is 27.5 Å². The van der Waals surface area contributed by atoms with Gasteiger partial charge >= 0.3 is 6.09 Å². The van der Waals surface area contributed by atoms with Crippen LogP contribution < -0.4 is 10.8 Å². The summed E-state index contributed by atoms with van der Waals surface area (Å²) in [5.41, 5.74) is 5.83. The molecule has 4 aromatic rings. The maximum Gasteiger partial charge on any atom is 0.410 e. The van der Waals surface area contributed by atoms with Crippen LogP contribution in [0.2, 0.25) is 0 Å². The molecule has 0 saturated carbocycles. The summed E-state index contributed by atoms with van der Waals surface area (Å²) in [5, 5.41) is 5.52. The van der Waals surface area contributed by atoms with Gasteiger partial charge in [-0.25, -0.2) is 9.78 Å². The van der Waals surface area contributed by atoms with Gasteiger partial charge in [0.25, 0.3) is 0 Å². The van der Waals surface area contributed by atoms with E-state index >= 15 is 0 Å². The predicted molar refractivity (Wildman–Crippen MR) is 133 cm³/mol. The van der Waals surface area contributed by atoms with Crippen molar-refractivity contribution in [2.24, 2.45) is 0 Å². The van der Waals surface area contributed by atoms with Crippen molar-refractivity contribution in [3.05, 3.63) is 54.5 Å². The third-order valence-corrected chi connectivity index (χ3v) is 5.72. The molecular weight excluding hydrogens is 413 g/mol. The van der Waals surface area contributed by atoms with Crippen LogP contribution >= 0.6 is 0 Å². The lowest BCUT2D eigenvalue weighted by atomic mass is 9.94. The lowest BCUT2D eigenvalue weighted by molar-refractivity contribution is 0.0270. The van der Waals surface area contributed by atoms with Gasteiger partial charge in [0.15, 0.2) is 0 Å². The summed E-state index contributed by atoms with van der Waals surface area (Å²) in [6.07, 6.45) is 6.10.